The molecule has 1 rings (SSSR count). The second-order valence-corrected chi connectivity index (χ2v) is 7.15. The van der Waals surface area contributed by atoms with E-state index in [4.69, 9.17) is 18.0 Å². The van der Waals surface area contributed by atoms with Crippen LogP contribution in [0.25, 0.3) is 0 Å². The Kier molecular flexibility index (Phi) is 6.05. The van der Waals surface area contributed by atoms with Gasteiger partial charge in [0.05, 0.1) is 19.7 Å². The normalized spacial score (nSPS) is 12.2. The summed E-state index contributed by atoms with van der Waals surface area (Å²) in [6.45, 7) is 2.02. The number of carbonyl (C=O) groups excluding carboxylic acids is 1. The number of thiocarbonyl (C=S) groups is 1. The molecule has 17 heavy (non-hydrogen) atoms. The predicted molar refractivity (Wildman–Crippen MR) is 82.7 cm³/mol. The predicted octanol–water partition coefficient (Wildman–Crippen LogP) is 3.46. The topological polar surface area (TPSA) is 55.1 Å². The number of amides is 1. The van der Waals surface area contributed by atoms with Crippen molar-refractivity contribution < 1.29 is 4.79 Å². The Morgan fingerprint density at radius 1 is 1.65 bits per heavy atom. The van der Waals surface area contributed by atoms with Gasteiger partial charge in [-0.05, 0) is 44.3 Å². The van der Waals surface area contributed by atoms with Crippen molar-refractivity contribution in [2.45, 2.75) is 25.8 Å². The highest BCUT2D eigenvalue weighted by Gasteiger charge is 2.17. The van der Waals surface area contributed by atoms with Crippen LogP contribution in [0.3, 0.4) is 0 Å². The molecule has 1 atom stereocenters. The van der Waals surface area contributed by atoms with Crippen molar-refractivity contribution in [1.82, 2.24) is 5.32 Å². The van der Waals surface area contributed by atoms with E-state index in [0.29, 0.717) is 9.87 Å². The van der Waals surface area contributed by atoms with Crippen LogP contribution in [0, 0.1) is 0 Å². The lowest BCUT2D eigenvalue weighted by Crippen LogP contribution is -2.43. The Morgan fingerprint density at radius 2 is 2.29 bits per heavy atom. The van der Waals surface area contributed by atoms with Gasteiger partial charge in [-0.2, -0.15) is 0 Å². The maximum Gasteiger partial charge on any atom is 0.261 e. The molecule has 1 aromatic rings. The third-order valence-corrected chi connectivity index (χ3v) is 5.63. The molecule has 94 valence electrons. The van der Waals surface area contributed by atoms with Gasteiger partial charge in [-0.1, -0.05) is 25.6 Å². The Balaban J connectivity index is 2.73. The van der Waals surface area contributed by atoms with E-state index in [1.807, 2.05) is 6.92 Å². The van der Waals surface area contributed by atoms with Crippen LogP contribution in [0.4, 0.5) is 0 Å². The molecule has 0 aliphatic rings. The Morgan fingerprint density at radius 3 is 2.71 bits per heavy atom. The van der Waals surface area contributed by atoms with Crippen molar-refractivity contribution >= 4 is 66.3 Å². The molecule has 1 aromatic heterocycles. The summed E-state index contributed by atoms with van der Waals surface area (Å²) in [6, 6.07) is 1.54. The average molecular weight is 400 g/mol. The van der Waals surface area contributed by atoms with Crippen molar-refractivity contribution in [2.24, 2.45) is 5.73 Å². The van der Waals surface area contributed by atoms with Crippen molar-refractivity contribution in [3.05, 3.63) is 19.2 Å². The fraction of sp³-hybridized carbons (Fsp3) is 0.400. The van der Waals surface area contributed by atoms with Crippen molar-refractivity contribution in [3.8, 4) is 0 Å². The Hall–Kier alpha value is 0.0200. The van der Waals surface area contributed by atoms with Crippen LogP contribution in [0.2, 0.25) is 0 Å². The molecule has 0 aliphatic carbocycles. The van der Waals surface area contributed by atoms with Gasteiger partial charge in [-0.3, -0.25) is 4.79 Å². The highest BCUT2D eigenvalue weighted by Crippen LogP contribution is 2.32. The number of nitrogens with two attached hydrogens (primary N) is 1. The van der Waals surface area contributed by atoms with Gasteiger partial charge in [0.15, 0.2) is 0 Å². The van der Waals surface area contributed by atoms with Crippen LogP contribution >= 0.6 is 55.4 Å². The summed E-state index contributed by atoms with van der Waals surface area (Å²) in [5.41, 5.74) is 5.59. The first kappa shape index (κ1) is 15.1. The summed E-state index contributed by atoms with van der Waals surface area (Å²) in [5.74, 6) is -0.146. The monoisotopic (exact) mass is 398 g/mol. The molecule has 0 aliphatic heterocycles. The van der Waals surface area contributed by atoms with Gasteiger partial charge in [0.2, 0.25) is 0 Å². The van der Waals surface area contributed by atoms with E-state index in [1.165, 1.54) is 11.3 Å². The van der Waals surface area contributed by atoms with E-state index in [2.05, 4.69) is 37.2 Å². The number of halogens is 2. The minimum atomic E-state index is -0.234. The molecule has 3 nitrogen and oxygen atoms in total. The standard InChI is InChI=1S/C10H12Br2N2OS2/c1-2-3-6(9(13)16)14-10(15)7-4-5(11)8(12)17-7/h4,6H,2-3H2,1H3,(H2,13,16)(H,14,15). The number of hydrogen-bond donors (Lipinski definition) is 2. The fourth-order valence-corrected chi connectivity index (χ4v) is 3.38. The summed E-state index contributed by atoms with van der Waals surface area (Å²) in [7, 11) is 0. The first-order chi connectivity index (χ1) is 7.95. The number of thiophene rings is 1. The molecule has 7 heteroatoms. The van der Waals surface area contributed by atoms with Crippen LogP contribution in [-0.2, 0) is 0 Å². The number of rotatable bonds is 5. The van der Waals surface area contributed by atoms with Crippen molar-refractivity contribution in [3.63, 3.8) is 0 Å². The quantitative estimate of drug-likeness (QED) is 0.745. The summed E-state index contributed by atoms with van der Waals surface area (Å²) in [6.07, 6.45) is 1.68. The van der Waals surface area contributed by atoms with E-state index in [1.54, 1.807) is 6.07 Å². The smallest absolute Gasteiger partial charge is 0.261 e. The molecule has 0 radical (unpaired) electrons. The van der Waals surface area contributed by atoms with Crippen LogP contribution in [-0.4, -0.2) is 16.9 Å². The molecule has 0 aromatic carbocycles. The summed E-state index contributed by atoms with van der Waals surface area (Å²) >= 11 is 13.0. The van der Waals surface area contributed by atoms with E-state index in [-0.39, 0.29) is 11.9 Å². The number of carbonyl (C=O) groups is 1. The lowest BCUT2D eigenvalue weighted by molar-refractivity contribution is 0.0949. The molecular weight excluding hydrogens is 388 g/mol. The van der Waals surface area contributed by atoms with Gasteiger partial charge in [-0.25, -0.2) is 0 Å². The van der Waals surface area contributed by atoms with Crippen LogP contribution in [0.1, 0.15) is 29.4 Å². The fourth-order valence-electron chi connectivity index (χ4n) is 1.26. The van der Waals surface area contributed by atoms with Gasteiger partial charge >= 0.3 is 0 Å². The lowest BCUT2D eigenvalue weighted by atomic mass is 10.1. The first-order valence-corrected chi connectivity index (χ1v) is 7.81. The summed E-state index contributed by atoms with van der Waals surface area (Å²) in [4.78, 5) is 12.9. The number of nitrogens with one attached hydrogen (secondary N) is 1. The first-order valence-electron chi connectivity index (χ1n) is 5.00. The zero-order chi connectivity index (χ0) is 13.0. The summed E-state index contributed by atoms with van der Waals surface area (Å²) < 4.78 is 1.76. The molecule has 0 saturated carbocycles. The largest absolute Gasteiger partial charge is 0.392 e. The SMILES string of the molecule is CCCC(NC(=O)c1cc(Br)c(Br)s1)C(N)=S. The highest BCUT2D eigenvalue weighted by atomic mass is 79.9. The van der Waals surface area contributed by atoms with Crippen molar-refractivity contribution in [1.29, 1.82) is 0 Å². The zero-order valence-corrected chi connectivity index (χ0v) is 13.9. The average Bonchev–Trinajstić information content (AvgIpc) is 2.58. The zero-order valence-electron chi connectivity index (χ0n) is 9.13. The Bertz CT molecular complexity index is 414. The highest BCUT2D eigenvalue weighted by molar-refractivity contribution is 9.13. The molecule has 0 spiro atoms. The molecule has 0 fully saturated rings. The molecule has 1 heterocycles. The molecule has 3 N–H and O–H groups in total. The minimum absolute atomic E-state index is 0.146. The second kappa shape index (κ2) is 6.82. The molecular formula is C10H12Br2N2OS2. The Labute approximate surface area is 126 Å². The lowest BCUT2D eigenvalue weighted by Gasteiger charge is -2.15. The van der Waals surface area contributed by atoms with E-state index in [9.17, 15) is 4.79 Å². The van der Waals surface area contributed by atoms with Gasteiger partial charge < -0.3 is 11.1 Å². The van der Waals surface area contributed by atoms with Gasteiger partial charge in [-0.15, -0.1) is 11.3 Å². The van der Waals surface area contributed by atoms with Crippen LogP contribution in [0.5, 0.6) is 0 Å². The van der Waals surface area contributed by atoms with Gasteiger partial charge in [0.25, 0.3) is 5.91 Å². The van der Waals surface area contributed by atoms with Gasteiger partial charge in [0.1, 0.15) is 0 Å². The van der Waals surface area contributed by atoms with Crippen molar-refractivity contribution in [2.75, 3.05) is 0 Å². The third kappa shape index (κ3) is 4.31. The second-order valence-electron chi connectivity index (χ2n) is 3.45. The summed E-state index contributed by atoms with van der Waals surface area (Å²) in [5, 5.41) is 2.84. The van der Waals surface area contributed by atoms with Crippen LogP contribution < -0.4 is 11.1 Å². The number of hydrogen-bond acceptors (Lipinski definition) is 3. The van der Waals surface area contributed by atoms with Gasteiger partial charge in [0, 0.05) is 4.47 Å². The minimum Gasteiger partial charge on any atom is -0.392 e. The maximum atomic E-state index is 11.9. The van der Waals surface area contributed by atoms with Crippen LogP contribution in [0.15, 0.2) is 14.3 Å². The maximum absolute atomic E-state index is 11.9. The molecule has 0 saturated heterocycles. The molecule has 0 bridgehead atoms. The molecule has 1 unspecified atom stereocenters. The van der Waals surface area contributed by atoms with E-state index < -0.39 is 0 Å². The van der Waals surface area contributed by atoms with E-state index in [0.717, 1.165) is 21.1 Å². The van der Waals surface area contributed by atoms with E-state index >= 15 is 0 Å². The molecule has 1 amide bonds. The third-order valence-electron chi connectivity index (χ3n) is 2.10.